The van der Waals surface area contributed by atoms with Crippen molar-refractivity contribution in [3.05, 3.63) is 78.1 Å². The third kappa shape index (κ3) is 3.26. The molecule has 0 fully saturated rings. The summed E-state index contributed by atoms with van der Waals surface area (Å²) in [4.78, 5) is 12.0. The number of hydrogen-bond donors (Lipinski definition) is 1. The maximum absolute atomic E-state index is 13.1. The van der Waals surface area contributed by atoms with Crippen LogP contribution in [0.2, 0.25) is 0 Å². The predicted octanol–water partition coefficient (Wildman–Crippen LogP) is 4.16. The number of rotatable bonds is 3. The second kappa shape index (κ2) is 5.75. The van der Waals surface area contributed by atoms with Gasteiger partial charge in [-0.15, -0.1) is 0 Å². The van der Waals surface area contributed by atoms with Gasteiger partial charge in [0, 0.05) is 5.69 Å². The molecule has 3 rings (SSSR count). The third-order valence-corrected chi connectivity index (χ3v) is 3.29. The zero-order valence-corrected chi connectivity index (χ0v) is 11.3. The molecular formula is C18H14FNO. The molecule has 0 spiro atoms. The normalized spacial score (nSPS) is 10.5. The van der Waals surface area contributed by atoms with Crippen LogP contribution in [0, 0.1) is 5.82 Å². The highest BCUT2D eigenvalue weighted by atomic mass is 19.1. The van der Waals surface area contributed by atoms with Gasteiger partial charge in [-0.1, -0.05) is 42.5 Å². The van der Waals surface area contributed by atoms with Crippen LogP contribution in [0.1, 0.15) is 5.56 Å². The second-order valence-electron chi connectivity index (χ2n) is 4.92. The number of benzene rings is 3. The third-order valence-electron chi connectivity index (χ3n) is 3.29. The van der Waals surface area contributed by atoms with Gasteiger partial charge >= 0.3 is 0 Å². The van der Waals surface area contributed by atoms with Crippen molar-refractivity contribution in [1.82, 2.24) is 0 Å². The van der Waals surface area contributed by atoms with Crippen molar-refractivity contribution >= 4 is 22.4 Å². The summed E-state index contributed by atoms with van der Waals surface area (Å²) in [7, 11) is 0. The summed E-state index contributed by atoms with van der Waals surface area (Å²) in [5.41, 5.74) is 1.41. The number of carbonyl (C=O) groups excluding carboxylic acids is 1. The number of anilines is 1. The molecule has 21 heavy (non-hydrogen) atoms. The molecule has 3 aromatic carbocycles. The first-order valence-electron chi connectivity index (χ1n) is 6.74. The van der Waals surface area contributed by atoms with Crippen molar-refractivity contribution in [2.24, 2.45) is 0 Å². The predicted molar refractivity (Wildman–Crippen MR) is 82.7 cm³/mol. The van der Waals surface area contributed by atoms with Crippen LogP contribution in [0.5, 0.6) is 0 Å². The number of carbonyl (C=O) groups is 1. The molecule has 0 aliphatic carbocycles. The van der Waals surface area contributed by atoms with Gasteiger partial charge in [0.15, 0.2) is 0 Å². The Kier molecular flexibility index (Phi) is 3.65. The lowest BCUT2D eigenvalue weighted by molar-refractivity contribution is -0.115. The molecule has 0 radical (unpaired) electrons. The molecule has 0 aliphatic rings. The number of amides is 1. The van der Waals surface area contributed by atoms with Crippen LogP contribution >= 0.6 is 0 Å². The Hall–Kier alpha value is -2.68. The van der Waals surface area contributed by atoms with E-state index in [2.05, 4.69) is 5.32 Å². The summed E-state index contributed by atoms with van der Waals surface area (Å²) in [5, 5.41) is 5.04. The summed E-state index contributed by atoms with van der Waals surface area (Å²) in [6.07, 6.45) is 0.157. The van der Waals surface area contributed by atoms with E-state index < -0.39 is 0 Å². The van der Waals surface area contributed by atoms with Gasteiger partial charge in [-0.3, -0.25) is 4.79 Å². The zero-order valence-electron chi connectivity index (χ0n) is 11.3. The van der Waals surface area contributed by atoms with Crippen molar-refractivity contribution in [1.29, 1.82) is 0 Å². The fourth-order valence-corrected chi connectivity index (χ4v) is 2.30. The van der Waals surface area contributed by atoms with Crippen LogP contribution in [0.4, 0.5) is 10.1 Å². The Balaban J connectivity index is 1.74. The molecule has 1 N–H and O–H groups in total. The van der Waals surface area contributed by atoms with Crippen LogP contribution in [0.15, 0.2) is 66.7 Å². The molecule has 0 unspecified atom stereocenters. The maximum Gasteiger partial charge on any atom is 0.228 e. The molecule has 0 heterocycles. The molecule has 0 atom stereocenters. The van der Waals surface area contributed by atoms with E-state index in [-0.39, 0.29) is 18.1 Å². The number of fused-ring (bicyclic) bond motifs is 1. The summed E-state index contributed by atoms with van der Waals surface area (Å²) in [5.74, 6) is -0.484. The number of halogens is 1. The van der Waals surface area contributed by atoms with Gasteiger partial charge in [-0.05, 0) is 40.6 Å². The average molecular weight is 279 g/mol. The lowest BCUT2D eigenvalue weighted by atomic mass is 10.1. The molecule has 0 saturated heterocycles. The van der Waals surface area contributed by atoms with E-state index in [1.54, 1.807) is 12.1 Å². The number of hydrogen-bond acceptors (Lipinski definition) is 1. The van der Waals surface area contributed by atoms with Crippen molar-refractivity contribution in [3.63, 3.8) is 0 Å². The molecule has 0 aliphatic heterocycles. The van der Waals surface area contributed by atoms with Crippen LogP contribution in [-0.2, 0) is 11.2 Å². The summed E-state index contributed by atoms with van der Waals surface area (Å²) < 4.78 is 13.1. The van der Waals surface area contributed by atoms with Crippen molar-refractivity contribution in [2.45, 2.75) is 6.42 Å². The van der Waals surface area contributed by atoms with Gasteiger partial charge in [0.25, 0.3) is 0 Å². The highest BCUT2D eigenvalue weighted by Crippen LogP contribution is 2.19. The fourth-order valence-electron chi connectivity index (χ4n) is 2.30. The Labute approximate surface area is 122 Å². The van der Waals surface area contributed by atoms with E-state index in [4.69, 9.17) is 0 Å². The van der Waals surface area contributed by atoms with Crippen LogP contribution in [-0.4, -0.2) is 5.91 Å². The SMILES string of the molecule is O=C(Cc1cccc(F)c1)Nc1ccc2ccccc2c1. The molecule has 0 bridgehead atoms. The number of nitrogens with one attached hydrogen (secondary N) is 1. The van der Waals surface area contributed by atoms with Crippen LogP contribution < -0.4 is 5.32 Å². The topological polar surface area (TPSA) is 29.1 Å². The fraction of sp³-hybridized carbons (Fsp3) is 0.0556. The van der Waals surface area contributed by atoms with Crippen LogP contribution in [0.25, 0.3) is 10.8 Å². The highest BCUT2D eigenvalue weighted by Gasteiger charge is 2.05. The Morgan fingerprint density at radius 2 is 1.71 bits per heavy atom. The Morgan fingerprint density at radius 1 is 0.905 bits per heavy atom. The minimum atomic E-state index is -0.328. The average Bonchev–Trinajstić information content (AvgIpc) is 2.47. The lowest BCUT2D eigenvalue weighted by Crippen LogP contribution is -2.14. The van der Waals surface area contributed by atoms with E-state index in [0.717, 1.165) is 16.5 Å². The lowest BCUT2D eigenvalue weighted by Gasteiger charge is -2.07. The standard InChI is InChI=1S/C18H14FNO/c19-16-7-3-4-13(10-16)11-18(21)20-17-9-8-14-5-1-2-6-15(14)12-17/h1-10,12H,11H2,(H,20,21). The quantitative estimate of drug-likeness (QED) is 0.766. The van der Waals surface area contributed by atoms with E-state index in [1.807, 2.05) is 42.5 Å². The first kappa shape index (κ1) is 13.3. The Morgan fingerprint density at radius 3 is 2.52 bits per heavy atom. The van der Waals surface area contributed by atoms with Crippen LogP contribution in [0.3, 0.4) is 0 Å². The molecule has 0 aromatic heterocycles. The molecular weight excluding hydrogens is 265 g/mol. The largest absolute Gasteiger partial charge is 0.326 e. The molecule has 1 amide bonds. The summed E-state index contributed by atoms with van der Waals surface area (Å²) >= 11 is 0. The molecule has 0 saturated carbocycles. The van der Waals surface area contributed by atoms with Gasteiger partial charge in [0.1, 0.15) is 5.82 Å². The summed E-state index contributed by atoms with van der Waals surface area (Å²) in [6, 6.07) is 19.8. The first-order valence-corrected chi connectivity index (χ1v) is 6.74. The monoisotopic (exact) mass is 279 g/mol. The summed E-state index contributed by atoms with van der Waals surface area (Å²) in [6.45, 7) is 0. The molecule has 104 valence electrons. The maximum atomic E-state index is 13.1. The van der Waals surface area contributed by atoms with Gasteiger partial charge in [-0.2, -0.15) is 0 Å². The van der Waals surface area contributed by atoms with Crippen molar-refractivity contribution in [3.8, 4) is 0 Å². The van der Waals surface area contributed by atoms with E-state index in [9.17, 15) is 9.18 Å². The molecule has 3 heteroatoms. The first-order chi connectivity index (χ1) is 10.2. The minimum Gasteiger partial charge on any atom is -0.326 e. The van der Waals surface area contributed by atoms with Gasteiger partial charge < -0.3 is 5.32 Å². The van der Waals surface area contributed by atoms with E-state index in [1.165, 1.54) is 12.1 Å². The molecule has 3 aromatic rings. The Bertz CT molecular complexity index is 798. The van der Waals surface area contributed by atoms with Gasteiger partial charge in [0.05, 0.1) is 6.42 Å². The van der Waals surface area contributed by atoms with Gasteiger partial charge in [-0.25, -0.2) is 4.39 Å². The minimum absolute atomic E-state index is 0.157. The van der Waals surface area contributed by atoms with E-state index in [0.29, 0.717) is 5.56 Å². The van der Waals surface area contributed by atoms with Gasteiger partial charge in [0.2, 0.25) is 5.91 Å². The van der Waals surface area contributed by atoms with Crippen molar-refractivity contribution in [2.75, 3.05) is 5.32 Å². The second-order valence-corrected chi connectivity index (χ2v) is 4.92. The zero-order chi connectivity index (χ0) is 14.7. The van der Waals surface area contributed by atoms with Crippen molar-refractivity contribution < 1.29 is 9.18 Å². The molecule has 2 nitrogen and oxygen atoms in total. The van der Waals surface area contributed by atoms with E-state index >= 15 is 0 Å². The highest BCUT2D eigenvalue weighted by molar-refractivity contribution is 5.95. The smallest absolute Gasteiger partial charge is 0.228 e.